The highest BCUT2D eigenvalue weighted by molar-refractivity contribution is 6.12. The Hall–Kier alpha value is 0.0649. The van der Waals surface area contributed by atoms with Crippen LogP contribution < -0.4 is 0 Å². The molecule has 0 aromatic carbocycles. The summed E-state index contributed by atoms with van der Waals surface area (Å²) in [5.74, 6) is 1.25. The molecule has 1 fully saturated rings. The second-order valence-electron chi connectivity index (χ2n) is 3.91. The van der Waals surface area contributed by atoms with Crippen LogP contribution in [0.3, 0.4) is 0 Å². The summed E-state index contributed by atoms with van der Waals surface area (Å²) in [7, 11) is 5.90. The van der Waals surface area contributed by atoms with Gasteiger partial charge in [0, 0.05) is 0 Å². The van der Waals surface area contributed by atoms with Crippen molar-refractivity contribution < 1.29 is 0 Å². The Kier molecular flexibility index (Phi) is 1.62. The molecule has 2 unspecified atom stereocenters. The van der Waals surface area contributed by atoms with Gasteiger partial charge in [-0.3, -0.25) is 0 Å². The van der Waals surface area contributed by atoms with Crippen molar-refractivity contribution in [2.24, 2.45) is 11.3 Å². The fourth-order valence-electron chi connectivity index (χ4n) is 1.54. The summed E-state index contributed by atoms with van der Waals surface area (Å²) in [6.45, 7) is 6.84. The van der Waals surface area contributed by atoms with Gasteiger partial charge in [0.15, 0.2) is 0 Å². The zero-order valence-corrected chi connectivity index (χ0v) is 6.65. The number of rotatable bonds is 0. The van der Waals surface area contributed by atoms with Gasteiger partial charge in [-0.2, -0.15) is 0 Å². The van der Waals surface area contributed by atoms with E-state index in [0.29, 0.717) is 11.2 Å². The molecular formula is C8H15B. The Bertz CT molecular complexity index is 95.1. The lowest BCUT2D eigenvalue weighted by atomic mass is 9.67. The van der Waals surface area contributed by atoms with Gasteiger partial charge in [0.05, 0.1) is 7.85 Å². The van der Waals surface area contributed by atoms with Gasteiger partial charge in [-0.25, -0.2) is 0 Å². The van der Waals surface area contributed by atoms with Crippen LogP contribution in [0.25, 0.3) is 0 Å². The Morgan fingerprint density at radius 1 is 1.33 bits per heavy atom. The highest BCUT2D eigenvalue weighted by Crippen LogP contribution is 2.48. The molecule has 0 spiro atoms. The molecule has 0 bridgehead atoms. The third-order valence-electron chi connectivity index (χ3n) is 3.14. The normalized spacial score (nSPS) is 41.2. The highest BCUT2D eigenvalue weighted by Gasteiger charge is 2.36. The van der Waals surface area contributed by atoms with Crippen LogP contribution in [0.2, 0.25) is 5.82 Å². The van der Waals surface area contributed by atoms with Gasteiger partial charge in [0.2, 0.25) is 0 Å². The zero-order chi connectivity index (χ0) is 7.07. The van der Waals surface area contributed by atoms with Crippen LogP contribution in [-0.4, -0.2) is 7.85 Å². The average molecular weight is 122 g/mol. The van der Waals surface area contributed by atoms with E-state index in [1.165, 1.54) is 12.8 Å². The Morgan fingerprint density at radius 3 is 2.00 bits per heavy atom. The van der Waals surface area contributed by atoms with Gasteiger partial charge in [-0.05, 0) is 11.3 Å². The van der Waals surface area contributed by atoms with Crippen molar-refractivity contribution in [3.63, 3.8) is 0 Å². The van der Waals surface area contributed by atoms with Gasteiger partial charge in [-0.15, -0.1) is 0 Å². The molecule has 0 saturated heterocycles. The lowest BCUT2D eigenvalue weighted by molar-refractivity contribution is 0.281. The smallest absolute Gasteiger partial charge is 0.0706 e. The SMILES string of the molecule is [B]C1CCC(C)C1(C)C. The molecule has 0 N–H and O–H groups in total. The summed E-state index contributed by atoms with van der Waals surface area (Å²) in [5.41, 5.74) is 0.389. The lowest BCUT2D eigenvalue weighted by Crippen LogP contribution is -2.19. The molecular weight excluding hydrogens is 107 g/mol. The second kappa shape index (κ2) is 2.03. The molecule has 2 atom stereocenters. The highest BCUT2D eigenvalue weighted by atomic mass is 14.4. The fraction of sp³-hybridized carbons (Fsp3) is 1.00. The van der Waals surface area contributed by atoms with Gasteiger partial charge < -0.3 is 0 Å². The van der Waals surface area contributed by atoms with Crippen LogP contribution in [0, 0.1) is 11.3 Å². The van der Waals surface area contributed by atoms with Gasteiger partial charge in [-0.1, -0.05) is 39.4 Å². The minimum Gasteiger partial charge on any atom is -0.0721 e. The molecule has 2 radical (unpaired) electrons. The average Bonchev–Trinajstić information content (AvgIpc) is 1.96. The van der Waals surface area contributed by atoms with Crippen molar-refractivity contribution in [3.05, 3.63) is 0 Å². The lowest BCUT2D eigenvalue weighted by Gasteiger charge is -2.28. The van der Waals surface area contributed by atoms with Crippen LogP contribution in [0.1, 0.15) is 33.6 Å². The minimum atomic E-state index is 0.389. The summed E-state index contributed by atoms with van der Waals surface area (Å²) in [4.78, 5) is 0. The van der Waals surface area contributed by atoms with E-state index < -0.39 is 0 Å². The predicted octanol–water partition coefficient (Wildman–Crippen LogP) is 2.40. The van der Waals surface area contributed by atoms with E-state index in [-0.39, 0.29) is 0 Å². The van der Waals surface area contributed by atoms with E-state index in [9.17, 15) is 0 Å². The molecule has 1 rings (SSSR count). The van der Waals surface area contributed by atoms with E-state index >= 15 is 0 Å². The molecule has 9 heavy (non-hydrogen) atoms. The molecule has 50 valence electrons. The maximum absolute atomic E-state index is 5.90. The molecule has 0 aliphatic heterocycles. The van der Waals surface area contributed by atoms with Crippen molar-refractivity contribution in [1.29, 1.82) is 0 Å². The van der Waals surface area contributed by atoms with Crippen molar-refractivity contribution in [1.82, 2.24) is 0 Å². The first kappa shape index (κ1) is 7.18. The summed E-state index contributed by atoms with van der Waals surface area (Å²) < 4.78 is 0. The molecule has 1 aliphatic carbocycles. The maximum Gasteiger partial charge on any atom is 0.0706 e. The quantitative estimate of drug-likeness (QED) is 0.432. The largest absolute Gasteiger partial charge is 0.0721 e. The summed E-state index contributed by atoms with van der Waals surface area (Å²) in [6.07, 6.45) is 2.53. The van der Waals surface area contributed by atoms with E-state index in [1.807, 2.05) is 0 Å². The Labute approximate surface area is 59.4 Å². The van der Waals surface area contributed by atoms with Crippen LogP contribution in [0.5, 0.6) is 0 Å². The van der Waals surface area contributed by atoms with Crippen LogP contribution in [-0.2, 0) is 0 Å². The van der Waals surface area contributed by atoms with Crippen LogP contribution >= 0.6 is 0 Å². The molecule has 0 aromatic heterocycles. The second-order valence-corrected chi connectivity index (χ2v) is 3.91. The monoisotopic (exact) mass is 122 g/mol. The molecule has 0 aromatic rings. The maximum atomic E-state index is 5.90. The molecule has 1 heteroatoms. The number of hydrogen-bond donors (Lipinski definition) is 0. The van der Waals surface area contributed by atoms with Crippen molar-refractivity contribution in [2.75, 3.05) is 0 Å². The third-order valence-corrected chi connectivity index (χ3v) is 3.14. The van der Waals surface area contributed by atoms with Crippen molar-refractivity contribution in [3.8, 4) is 0 Å². The van der Waals surface area contributed by atoms with Crippen molar-refractivity contribution in [2.45, 2.75) is 39.4 Å². The number of hydrogen-bond acceptors (Lipinski definition) is 0. The molecule has 0 amide bonds. The van der Waals surface area contributed by atoms with E-state index in [2.05, 4.69) is 20.8 Å². The topological polar surface area (TPSA) is 0 Å². The van der Waals surface area contributed by atoms with E-state index in [4.69, 9.17) is 7.85 Å². The first-order valence-corrected chi connectivity index (χ1v) is 3.80. The molecule has 0 heterocycles. The Morgan fingerprint density at radius 2 is 1.89 bits per heavy atom. The zero-order valence-electron chi connectivity index (χ0n) is 6.65. The van der Waals surface area contributed by atoms with E-state index in [0.717, 1.165) is 5.92 Å². The van der Waals surface area contributed by atoms with Gasteiger partial charge in [0.1, 0.15) is 0 Å². The standard InChI is InChI=1S/C8H15B/c1-6-4-5-7(9)8(6,2)3/h6-7H,4-5H2,1-3H3. The predicted molar refractivity (Wildman–Crippen MR) is 41.7 cm³/mol. The van der Waals surface area contributed by atoms with Gasteiger partial charge >= 0.3 is 0 Å². The molecule has 1 saturated carbocycles. The third kappa shape index (κ3) is 1.02. The molecule has 0 nitrogen and oxygen atoms in total. The Balaban J connectivity index is 2.66. The summed E-state index contributed by atoms with van der Waals surface area (Å²) >= 11 is 0. The van der Waals surface area contributed by atoms with E-state index in [1.54, 1.807) is 0 Å². The molecule has 1 aliphatic rings. The minimum absolute atomic E-state index is 0.389. The summed E-state index contributed by atoms with van der Waals surface area (Å²) in [5, 5.41) is 0. The first-order chi connectivity index (χ1) is 4.05. The van der Waals surface area contributed by atoms with Crippen LogP contribution in [0.15, 0.2) is 0 Å². The van der Waals surface area contributed by atoms with Gasteiger partial charge in [0.25, 0.3) is 0 Å². The van der Waals surface area contributed by atoms with Crippen molar-refractivity contribution >= 4 is 7.85 Å². The first-order valence-electron chi connectivity index (χ1n) is 3.80. The summed E-state index contributed by atoms with van der Waals surface area (Å²) in [6, 6.07) is 0. The fourth-order valence-corrected chi connectivity index (χ4v) is 1.54. The van der Waals surface area contributed by atoms with Crippen LogP contribution in [0.4, 0.5) is 0 Å².